The maximum atomic E-state index is 11.9. The Balaban J connectivity index is 3.13. The van der Waals surface area contributed by atoms with E-state index in [4.69, 9.17) is 17.3 Å². The van der Waals surface area contributed by atoms with Gasteiger partial charge in [0.2, 0.25) is 0 Å². The van der Waals surface area contributed by atoms with Crippen LogP contribution in [0.5, 0.6) is 5.75 Å². The molecule has 0 fully saturated rings. The monoisotopic (exact) mass is 226 g/mol. The number of aryl methyl sites for hydroxylation is 1. The van der Waals surface area contributed by atoms with Crippen LogP contribution in [0.2, 0.25) is 5.15 Å². The molecule has 0 aliphatic heterocycles. The molecule has 0 aliphatic rings. The van der Waals surface area contributed by atoms with Gasteiger partial charge < -0.3 is 10.5 Å². The van der Waals surface area contributed by atoms with Crippen LogP contribution in [0.4, 0.5) is 18.9 Å². The van der Waals surface area contributed by atoms with Gasteiger partial charge in [0.25, 0.3) is 0 Å². The SMILES string of the molecule is Cc1cnc(Cl)c(OC(F)(F)F)c1N. The third-order valence-corrected chi connectivity index (χ3v) is 1.72. The van der Waals surface area contributed by atoms with Crippen molar-refractivity contribution >= 4 is 17.3 Å². The van der Waals surface area contributed by atoms with Gasteiger partial charge >= 0.3 is 6.36 Å². The van der Waals surface area contributed by atoms with Crippen LogP contribution >= 0.6 is 11.6 Å². The summed E-state index contributed by atoms with van der Waals surface area (Å²) in [5.74, 6) is -0.654. The molecule has 14 heavy (non-hydrogen) atoms. The molecule has 0 amide bonds. The number of nitrogen functional groups attached to an aromatic ring is 1. The van der Waals surface area contributed by atoms with Crippen molar-refractivity contribution < 1.29 is 17.9 Å². The minimum absolute atomic E-state index is 0.165. The van der Waals surface area contributed by atoms with E-state index in [0.717, 1.165) is 0 Å². The molecule has 0 radical (unpaired) electrons. The molecule has 0 aliphatic carbocycles. The average Bonchev–Trinajstić information content (AvgIpc) is 2.04. The Labute approximate surface area is 82.6 Å². The van der Waals surface area contributed by atoms with Crippen LogP contribution in [0, 0.1) is 6.92 Å². The molecule has 0 atom stereocenters. The zero-order valence-electron chi connectivity index (χ0n) is 7.02. The molecule has 0 spiro atoms. The molecule has 1 aromatic heterocycles. The standard InChI is InChI=1S/C7H6ClF3N2O/c1-3-2-13-6(8)5(4(3)12)14-7(9,10)11/h2H,1H3,(H2,12,13). The highest BCUT2D eigenvalue weighted by Crippen LogP contribution is 2.35. The predicted octanol–water partition coefficient (Wildman–Crippen LogP) is 2.52. The maximum Gasteiger partial charge on any atom is 0.573 e. The van der Waals surface area contributed by atoms with Gasteiger partial charge in [-0.15, -0.1) is 13.2 Å². The summed E-state index contributed by atoms with van der Waals surface area (Å²) < 4.78 is 39.2. The molecule has 7 heteroatoms. The molecule has 78 valence electrons. The van der Waals surface area contributed by atoms with Gasteiger partial charge in [-0.05, 0) is 12.5 Å². The highest BCUT2D eigenvalue weighted by atomic mass is 35.5. The van der Waals surface area contributed by atoms with Crippen LogP contribution < -0.4 is 10.5 Å². The van der Waals surface area contributed by atoms with Crippen LogP contribution in [0.25, 0.3) is 0 Å². The highest BCUT2D eigenvalue weighted by Gasteiger charge is 2.33. The third kappa shape index (κ3) is 2.41. The lowest BCUT2D eigenvalue weighted by atomic mass is 10.2. The van der Waals surface area contributed by atoms with Crippen LogP contribution in [0.1, 0.15) is 5.56 Å². The first-order chi connectivity index (χ1) is 6.31. The van der Waals surface area contributed by atoms with Crippen LogP contribution in [-0.2, 0) is 0 Å². The molecule has 0 bridgehead atoms. The first-order valence-corrected chi connectivity index (χ1v) is 3.85. The number of nitrogens with two attached hydrogens (primary N) is 1. The van der Waals surface area contributed by atoms with Gasteiger partial charge in [-0.3, -0.25) is 0 Å². The first-order valence-electron chi connectivity index (χ1n) is 3.47. The quantitative estimate of drug-likeness (QED) is 0.749. The van der Waals surface area contributed by atoms with E-state index in [9.17, 15) is 13.2 Å². The van der Waals surface area contributed by atoms with E-state index in [2.05, 4.69) is 9.72 Å². The van der Waals surface area contributed by atoms with Gasteiger partial charge in [0.1, 0.15) is 0 Å². The molecule has 1 aromatic rings. The van der Waals surface area contributed by atoms with Crippen molar-refractivity contribution in [3.05, 3.63) is 16.9 Å². The Kier molecular flexibility index (Phi) is 2.75. The Morgan fingerprint density at radius 1 is 1.50 bits per heavy atom. The van der Waals surface area contributed by atoms with Crippen molar-refractivity contribution in [1.29, 1.82) is 0 Å². The van der Waals surface area contributed by atoms with Crippen molar-refractivity contribution in [1.82, 2.24) is 4.98 Å². The molecular weight excluding hydrogens is 221 g/mol. The van der Waals surface area contributed by atoms with Crippen molar-refractivity contribution in [3.8, 4) is 5.75 Å². The van der Waals surface area contributed by atoms with Crippen molar-refractivity contribution in [3.63, 3.8) is 0 Å². The van der Waals surface area contributed by atoms with Crippen molar-refractivity contribution in [2.24, 2.45) is 0 Å². The van der Waals surface area contributed by atoms with Gasteiger partial charge in [-0.1, -0.05) is 11.6 Å². The Hall–Kier alpha value is -1.17. The highest BCUT2D eigenvalue weighted by molar-refractivity contribution is 6.31. The molecule has 3 nitrogen and oxygen atoms in total. The van der Waals surface area contributed by atoms with Gasteiger partial charge in [-0.2, -0.15) is 0 Å². The van der Waals surface area contributed by atoms with E-state index in [0.29, 0.717) is 5.56 Å². The molecule has 2 N–H and O–H groups in total. The second-order valence-corrected chi connectivity index (χ2v) is 2.88. The number of anilines is 1. The lowest BCUT2D eigenvalue weighted by Gasteiger charge is -2.12. The molecule has 0 aromatic carbocycles. The maximum absolute atomic E-state index is 11.9. The number of alkyl halides is 3. The Bertz CT molecular complexity index is 354. The fraction of sp³-hybridized carbons (Fsp3) is 0.286. The lowest BCUT2D eigenvalue weighted by molar-refractivity contribution is -0.274. The minimum atomic E-state index is -4.83. The Morgan fingerprint density at radius 3 is 2.57 bits per heavy atom. The van der Waals surface area contributed by atoms with E-state index in [1.807, 2.05) is 0 Å². The van der Waals surface area contributed by atoms with E-state index in [1.54, 1.807) is 0 Å². The van der Waals surface area contributed by atoms with Crippen LogP contribution in [0.15, 0.2) is 6.20 Å². The molecule has 0 saturated heterocycles. The molecule has 0 unspecified atom stereocenters. The number of nitrogens with zero attached hydrogens (tertiary/aromatic N) is 1. The number of rotatable bonds is 1. The van der Waals surface area contributed by atoms with Gasteiger partial charge in [0.05, 0.1) is 5.69 Å². The second kappa shape index (κ2) is 3.53. The predicted molar refractivity (Wildman–Crippen MR) is 45.1 cm³/mol. The summed E-state index contributed by atoms with van der Waals surface area (Å²) in [7, 11) is 0. The fourth-order valence-corrected chi connectivity index (χ4v) is 0.974. The zero-order chi connectivity index (χ0) is 10.9. The number of hydrogen-bond donors (Lipinski definition) is 1. The number of ether oxygens (including phenoxy) is 1. The van der Waals surface area contributed by atoms with E-state index < -0.39 is 17.3 Å². The molecule has 1 rings (SSSR count). The normalized spacial score (nSPS) is 11.5. The van der Waals surface area contributed by atoms with E-state index in [-0.39, 0.29) is 5.69 Å². The first kappa shape index (κ1) is 10.9. The van der Waals surface area contributed by atoms with Gasteiger partial charge in [0.15, 0.2) is 10.9 Å². The van der Waals surface area contributed by atoms with Crippen molar-refractivity contribution in [2.45, 2.75) is 13.3 Å². The van der Waals surface area contributed by atoms with E-state index >= 15 is 0 Å². The molecular formula is C7H6ClF3N2O. The summed E-state index contributed by atoms with van der Waals surface area (Å²) >= 11 is 5.39. The second-order valence-electron chi connectivity index (χ2n) is 2.52. The van der Waals surface area contributed by atoms with Crippen molar-refractivity contribution in [2.75, 3.05) is 5.73 Å². The Morgan fingerprint density at radius 2 is 2.07 bits per heavy atom. The molecule has 0 saturated carbocycles. The summed E-state index contributed by atoms with van der Waals surface area (Å²) in [6.07, 6.45) is -3.56. The summed E-state index contributed by atoms with van der Waals surface area (Å²) in [6, 6.07) is 0. The smallest absolute Gasteiger partial charge is 0.400 e. The lowest BCUT2D eigenvalue weighted by Crippen LogP contribution is -2.18. The van der Waals surface area contributed by atoms with Crippen LogP contribution in [0.3, 0.4) is 0 Å². The third-order valence-electron chi connectivity index (χ3n) is 1.45. The summed E-state index contributed by atoms with van der Waals surface area (Å²) in [5.41, 5.74) is 5.55. The fourth-order valence-electron chi connectivity index (χ4n) is 0.785. The largest absolute Gasteiger partial charge is 0.573 e. The summed E-state index contributed by atoms with van der Waals surface area (Å²) in [4.78, 5) is 3.48. The number of aromatic nitrogens is 1. The minimum Gasteiger partial charge on any atom is -0.400 e. The topological polar surface area (TPSA) is 48.1 Å². The number of pyridine rings is 1. The zero-order valence-corrected chi connectivity index (χ0v) is 7.78. The van der Waals surface area contributed by atoms with Gasteiger partial charge in [0, 0.05) is 6.20 Å². The molecule has 1 heterocycles. The van der Waals surface area contributed by atoms with Crippen LogP contribution in [-0.4, -0.2) is 11.3 Å². The summed E-state index contributed by atoms with van der Waals surface area (Å²) in [5, 5.41) is -0.412. The number of halogens is 4. The summed E-state index contributed by atoms with van der Waals surface area (Å²) in [6.45, 7) is 1.50. The average molecular weight is 227 g/mol. The number of hydrogen-bond acceptors (Lipinski definition) is 3. The van der Waals surface area contributed by atoms with Gasteiger partial charge in [-0.25, -0.2) is 4.98 Å². The van der Waals surface area contributed by atoms with E-state index in [1.165, 1.54) is 13.1 Å².